The van der Waals surface area contributed by atoms with E-state index in [2.05, 4.69) is 71.8 Å². The molecule has 5 rings (SSSR count). The summed E-state index contributed by atoms with van der Waals surface area (Å²) in [5, 5.41) is 2.17. The molecule has 0 spiro atoms. The van der Waals surface area contributed by atoms with Crippen molar-refractivity contribution in [3.05, 3.63) is 93.2 Å². The molecule has 3 heteroatoms. The normalized spacial score (nSPS) is 23.7. The first-order valence-electron chi connectivity index (χ1n) is 9.70. The van der Waals surface area contributed by atoms with E-state index in [1.54, 1.807) is 0 Å². The fraction of sp³-hybridized carbons (Fsp3) is 0.292. The lowest BCUT2D eigenvalue weighted by molar-refractivity contribution is -0.134. The van der Waals surface area contributed by atoms with Gasteiger partial charge in [0, 0.05) is 17.3 Å². The summed E-state index contributed by atoms with van der Waals surface area (Å²) in [5.74, 6) is 0.855. The van der Waals surface area contributed by atoms with Crippen molar-refractivity contribution in [2.75, 3.05) is 6.54 Å². The van der Waals surface area contributed by atoms with Crippen LogP contribution in [0.1, 0.15) is 45.5 Å². The molecule has 1 fully saturated rings. The zero-order valence-corrected chi connectivity index (χ0v) is 16.3. The Bertz CT molecular complexity index is 960. The van der Waals surface area contributed by atoms with Gasteiger partial charge in [0.2, 0.25) is 5.91 Å². The second-order valence-electron chi connectivity index (χ2n) is 7.75. The lowest BCUT2D eigenvalue weighted by Crippen LogP contribution is -2.41. The number of amides is 1. The summed E-state index contributed by atoms with van der Waals surface area (Å²) < 4.78 is 0. The Balaban J connectivity index is 1.46. The van der Waals surface area contributed by atoms with E-state index >= 15 is 0 Å². The van der Waals surface area contributed by atoms with E-state index in [-0.39, 0.29) is 12.0 Å². The second kappa shape index (κ2) is 6.65. The molecule has 1 aliphatic carbocycles. The van der Waals surface area contributed by atoms with Gasteiger partial charge in [0.15, 0.2) is 0 Å². The van der Waals surface area contributed by atoms with Crippen LogP contribution < -0.4 is 0 Å². The number of nitrogens with zero attached hydrogens (tertiary/aromatic N) is 1. The lowest BCUT2D eigenvalue weighted by Gasteiger charge is -2.36. The number of rotatable bonds is 3. The quantitative estimate of drug-likeness (QED) is 0.607. The van der Waals surface area contributed by atoms with Gasteiger partial charge in [-0.2, -0.15) is 0 Å². The molecule has 0 saturated heterocycles. The summed E-state index contributed by atoms with van der Waals surface area (Å²) in [6.07, 6.45) is 1.96. The van der Waals surface area contributed by atoms with E-state index in [1.165, 1.54) is 27.1 Å². The maximum atomic E-state index is 13.5. The first-order chi connectivity index (χ1) is 13.2. The van der Waals surface area contributed by atoms with Crippen molar-refractivity contribution in [3.63, 3.8) is 0 Å². The molecule has 2 nitrogen and oxygen atoms in total. The van der Waals surface area contributed by atoms with Gasteiger partial charge < -0.3 is 4.90 Å². The molecule has 1 aromatic heterocycles. The van der Waals surface area contributed by atoms with E-state index in [9.17, 15) is 4.79 Å². The van der Waals surface area contributed by atoms with E-state index in [1.807, 2.05) is 17.4 Å². The molecule has 1 aliphatic heterocycles. The number of hydrogen-bond acceptors (Lipinski definition) is 2. The maximum absolute atomic E-state index is 13.5. The van der Waals surface area contributed by atoms with Gasteiger partial charge in [0.05, 0.1) is 6.04 Å². The molecule has 0 radical (unpaired) electrons. The Morgan fingerprint density at radius 2 is 1.78 bits per heavy atom. The Morgan fingerprint density at radius 3 is 2.56 bits per heavy atom. The van der Waals surface area contributed by atoms with Crippen molar-refractivity contribution in [2.24, 2.45) is 5.92 Å². The average Bonchev–Trinajstić information content (AvgIpc) is 3.37. The van der Waals surface area contributed by atoms with Crippen molar-refractivity contribution in [3.8, 4) is 0 Å². The number of carbonyl (C=O) groups is 1. The van der Waals surface area contributed by atoms with Gasteiger partial charge in [0.25, 0.3) is 0 Å². The Kier molecular flexibility index (Phi) is 4.13. The monoisotopic (exact) mass is 373 g/mol. The topological polar surface area (TPSA) is 20.3 Å². The van der Waals surface area contributed by atoms with Crippen molar-refractivity contribution in [1.82, 2.24) is 4.90 Å². The van der Waals surface area contributed by atoms with Crippen LogP contribution in [0.15, 0.2) is 66.0 Å². The van der Waals surface area contributed by atoms with Crippen LogP contribution >= 0.6 is 11.3 Å². The van der Waals surface area contributed by atoms with E-state index in [0.717, 1.165) is 19.4 Å². The molecule has 27 heavy (non-hydrogen) atoms. The van der Waals surface area contributed by atoms with Crippen LogP contribution in [0.4, 0.5) is 0 Å². The molecule has 0 N–H and O–H groups in total. The van der Waals surface area contributed by atoms with Crippen LogP contribution in [-0.4, -0.2) is 17.4 Å². The second-order valence-corrected chi connectivity index (χ2v) is 8.75. The summed E-state index contributed by atoms with van der Waals surface area (Å²) in [6, 6.07) is 21.5. The molecule has 2 aliphatic rings. The molecular formula is C24H23NOS. The largest absolute Gasteiger partial charge is 0.331 e. The Labute approximate surface area is 164 Å². The summed E-state index contributed by atoms with van der Waals surface area (Å²) in [4.78, 5) is 17.0. The van der Waals surface area contributed by atoms with Gasteiger partial charge in [-0.25, -0.2) is 0 Å². The highest BCUT2D eigenvalue weighted by molar-refractivity contribution is 7.10. The van der Waals surface area contributed by atoms with Gasteiger partial charge in [-0.05, 0) is 53.8 Å². The first kappa shape index (κ1) is 16.8. The minimum Gasteiger partial charge on any atom is -0.331 e. The predicted octanol–water partition coefficient (Wildman–Crippen LogP) is 5.33. The first-order valence-corrected chi connectivity index (χ1v) is 10.6. The number of carbonyl (C=O) groups excluding carboxylic acids is 1. The number of benzene rings is 2. The van der Waals surface area contributed by atoms with E-state index < -0.39 is 0 Å². The third-order valence-electron chi connectivity index (χ3n) is 5.98. The molecule has 0 bridgehead atoms. The molecule has 2 heterocycles. The van der Waals surface area contributed by atoms with Gasteiger partial charge in [-0.1, -0.05) is 60.2 Å². The number of hydrogen-bond donors (Lipinski definition) is 0. The third-order valence-corrected chi connectivity index (χ3v) is 6.97. The molecular weight excluding hydrogens is 350 g/mol. The molecule has 1 saturated carbocycles. The number of fused-ring (bicyclic) bond motifs is 1. The van der Waals surface area contributed by atoms with Gasteiger partial charge in [-0.3, -0.25) is 4.79 Å². The van der Waals surface area contributed by atoms with E-state index in [0.29, 0.717) is 11.8 Å². The SMILES string of the molecule is Cc1ccc([C@@H]2c3ccsc3CCN2C(=O)[C@@H]2C[C@H]2c2ccccc2)cc1. The Hall–Kier alpha value is -2.39. The fourth-order valence-electron chi connectivity index (χ4n) is 4.41. The predicted molar refractivity (Wildman–Crippen MR) is 110 cm³/mol. The molecule has 3 aromatic rings. The maximum Gasteiger partial charge on any atom is 0.227 e. The molecule has 1 amide bonds. The Morgan fingerprint density at radius 1 is 1.00 bits per heavy atom. The van der Waals surface area contributed by atoms with Crippen LogP contribution in [0.2, 0.25) is 0 Å². The molecule has 2 aromatic carbocycles. The fourth-order valence-corrected chi connectivity index (χ4v) is 5.32. The minimum absolute atomic E-state index is 0.0603. The van der Waals surface area contributed by atoms with Crippen molar-refractivity contribution in [2.45, 2.75) is 31.7 Å². The van der Waals surface area contributed by atoms with Crippen molar-refractivity contribution < 1.29 is 4.79 Å². The minimum atomic E-state index is 0.0603. The van der Waals surface area contributed by atoms with Crippen LogP contribution in [0.3, 0.4) is 0 Å². The van der Waals surface area contributed by atoms with Gasteiger partial charge >= 0.3 is 0 Å². The zero-order valence-electron chi connectivity index (χ0n) is 15.5. The third kappa shape index (κ3) is 3.00. The molecule has 0 unspecified atom stereocenters. The standard InChI is InChI=1S/C24H23NOS/c1-16-7-9-18(10-8-16)23-19-12-14-27-22(19)11-13-25(23)24(26)21-15-20(21)17-5-3-2-4-6-17/h2-10,12,14,20-21,23H,11,13,15H2,1H3/t20-,21+,23+/m0/s1. The highest BCUT2D eigenvalue weighted by Crippen LogP contribution is 2.50. The van der Waals surface area contributed by atoms with Crippen molar-refractivity contribution >= 4 is 17.2 Å². The highest BCUT2D eigenvalue weighted by Gasteiger charge is 2.47. The van der Waals surface area contributed by atoms with E-state index in [4.69, 9.17) is 0 Å². The summed E-state index contributed by atoms with van der Waals surface area (Å²) >= 11 is 1.82. The smallest absolute Gasteiger partial charge is 0.227 e. The number of thiophene rings is 1. The van der Waals surface area contributed by atoms with Crippen LogP contribution in [0.25, 0.3) is 0 Å². The zero-order chi connectivity index (χ0) is 18.4. The van der Waals surface area contributed by atoms with Crippen LogP contribution in [0, 0.1) is 12.8 Å². The number of aryl methyl sites for hydroxylation is 1. The van der Waals surface area contributed by atoms with Crippen molar-refractivity contribution in [1.29, 1.82) is 0 Å². The van der Waals surface area contributed by atoms with Crippen LogP contribution in [-0.2, 0) is 11.2 Å². The molecule has 136 valence electrons. The highest BCUT2D eigenvalue weighted by atomic mass is 32.1. The summed E-state index contributed by atoms with van der Waals surface area (Å²) in [7, 11) is 0. The summed E-state index contributed by atoms with van der Waals surface area (Å²) in [5.41, 5.74) is 5.10. The summed E-state index contributed by atoms with van der Waals surface area (Å²) in [6.45, 7) is 2.93. The van der Waals surface area contributed by atoms with Gasteiger partial charge in [-0.15, -0.1) is 11.3 Å². The molecule has 3 atom stereocenters. The van der Waals surface area contributed by atoms with Crippen LogP contribution in [0.5, 0.6) is 0 Å². The average molecular weight is 374 g/mol. The lowest BCUT2D eigenvalue weighted by atomic mass is 9.92. The van der Waals surface area contributed by atoms with Gasteiger partial charge in [0.1, 0.15) is 0 Å².